The number of rotatable bonds is 27. The van der Waals surface area contributed by atoms with Crippen molar-refractivity contribution in [2.75, 3.05) is 21.3 Å². The molecule has 1 aromatic rings. The molecule has 1 atom stereocenters. The number of ether oxygens (including phenoxy) is 1. The molecule has 80 heavy (non-hydrogen) atoms. The number of hydrogen-bond acceptors (Lipinski definition) is 15. The SMILES string of the molecule is COB(OC)c1ccccc1CNC(C)(C)C(=O)NC(C)(C)C(=O)NC(C)(C)C(=O)NC(C)(C)C(=O)NC(C)(C)C(=O)NC(C)(C)C(=O)NC(C)(C)C(=O)NC(C)(C)C(=O)NC(C)(C)C(=O)NC(C)(C)C(=O)N[C@](C)([13CH3])C(=O)OC. The van der Waals surface area contributed by atoms with Crippen LogP contribution in [0.15, 0.2) is 24.3 Å². The Labute approximate surface area is 472 Å². The molecular formula is C54H92BN11O14. The molecule has 0 radical (unpaired) electrons. The van der Waals surface area contributed by atoms with Crippen molar-refractivity contribution >= 4 is 77.6 Å². The molecule has 0 heterocycles. The van der Waals surface area contributed by atoms with Gasteiger partial charge in [0.05, 0.1) is 12.6 Å². The molecule has 25 nitrogen and oxygen atoms in total. The van der Waals surface area contributed by atoms with Gasteiger partial charge in [-0.15, -0.1) is 0 Å². The second-order valence-corrected chi connectivity index (χ2v) is 25.8. The maximum absolute atomic E-state index is 13.8. The zero-order valence-electron chi connectivity index (χ0n) is 51.8. The van der Waals surface area contributed by atoms with Gasteiger partial charge < -0.3 is 67.2 Å². The Morgan fingerprint density at radius 2 is 0.525 bits per heavy atom. The lowest BCUT2D eigenvalue weighted by Gasteiger charge is -2.38. The van der Waals surface area contributed by atoms with Crippen LogP contribution < -0.4 is 63.9 Å². The summed E-state index contributed by atoms with van der Waals surface area (Å²) in [7, 11) is 3.57. The molecule has 1 rings (SSSR count). The Kier molecular flexibility index (Phi) is 22.7. The van der Waals surface area contributed by atoms with E-state index in [1.165, 1.54) is 153 Å². The van der Waals surface area contributed by atoms with E-state index in [1.807, 2.05) is 24.3 Å². The average Bonchev–Trinajstić information content (AvgIpc) is 3.29. The van der Waals surface area contributed by atoms with E-state index in [0.717, 1.165) is 18.1 Å². The monoisotopic (exact) mass is 1130 g/mol. The highest BCUT2D eigenvalue weighted by molar-refractivity contribution is 6.61. The highest BCUT2D eigenvalue weighted by Crippen LogP contribution is 2.19. The Morgan fingerprint density at radius 1 is 0.325 bits per heavy atom. The average molecular weight is 1130 g/mol. The predicted molar refractivity (Wildman–Crippen MR) is 301 cm³/mol. The van der Waals surface area contributed by atoms with Crippen molar-refractivity contribution in [3.8, 4) is 0 Å². The topological polar surface area (TPSA) is 348 Å². The molecule has 0 bridgehead atoms. The van der Waals surface area contributed by atoms with Crippen LogP contribution in [0.2, 0.25) is 0 Å². The minimum absolute atomic E-state index is 0.257. The molecular weight excluding hydrogens is 1040 g/mol. The zero-order valence-corrected chi connectivity index (χ0v) is 51.8. The number of amides is 10. The smallest absolute Gasteiger partial charge is 0.467 e. The lowest BCUT2D eigenvalue weighted by atomic mass is 9.75. The molecule has 0 aromatic heterocycles. The van der Waals surface area contributed by atoms with Gasteiger partial charge in [-0.05, 0) is 163 Å². The van der Waals surface area contributed by atoms with Gasteiger partial charge in [0.1, 0.15) is 55.4 Å². The lowest BCUT2D eigenvalue weighted by Crippen LogP contribution is -2.70. The Bertz CT molecular complexity index is 2550. The summed E-state index contributed by atoms with van der Waals surface area (Å²) in [6.07, 6.45) is 0. The zero-order chi connectivity index (χ0) is 63.0. The quantitative estimate of drug-likeness (QED) is 0.0305. The number of methoxy groups -OCH3 is 1. The van der Waals surface area contributed by atoms with Crippen LogP contribution in [-0.2, 0) is 73.3 Å². The maximum atomic E-state index is 13.8. The Hall–Kier alpha value is -6.67. The van der Waals surface area contributed by atoms with Crippen molar-refractivity contribution in [1.82, 2.24) is 58.5 Å². The van der Waals surface area contributed by atoms with E-state index in [1.54, 1.807) is 13.8 Å². The van der Waals surface area contributed by atoms with E-state index in [9.17, 15) is 52.7 Å². The molecule has 0 aliphatic carbocycles. The molecule has 11 N–H and O–H groups in total. The summed E-state index contributed by atoms with van der Waals surface area (Å²) < 4.78 is 15.6. The highest BCUT2D eigenvalue weighted by Gasteiger charge is 2.47. The van der Waals surface area contributed by atoms with Crippen molar-refractivity contribution in [2.24, 2.45) is 0 Å². The fourth-order valence-electron chi connectivity index (χ4n) is 6.89. The molecule has 26 heteroatoms. The molecule has 0 spiro atoms. The molecule has 0 saturated carbocycles. The van der Waals surface area contributed by atoms with Gasteiger partial charge in [-0.2, -0.15) is 0 Å². The fourth-order valence-corrected chi connectivity index (χ4v) is 6.89. The third-order valence-electron chi connectivity index (χ3n) is 13.1. The van der Waals surface area contributed by atoms with Crippen molar-refractivity contribution in [3.05, 3.63) is 29.8 Å². The van der Waals surface area contributed by atoms with Crippen molar-refractivity contribution in [2.45, 2.75) is 220 Å². The second kappa shape index (κ2) is 25.4. The first-order valence-electron chi connectivity index (χ1n) is 26.0. The number of carbonyl (C=O) groups excluding carboxylic acids is 11. The first kappa shape index (κ1) is 71.3. The summed E-state index contributed by atoms with van der Waals surface area (Å²) in [5.74, 6) is -8.35. The maximum Gasteiger partial charge on any atom is 0.493 e. The summed E-state index contributed by atoms with van der Waals surface area (Å²) >= 11 is 0. The fraction of sp³-hybridized carbons (Fsp3) is 0.685. The summed E-state index contributed by atoms with van der Waals surface area (Å²) in [4.78, 5) is 148. The third kappa shape index (κ3) is 19.0. The van der Waals surface area contributed by atoms with Crippen LogP contribution >= 0.6 is 0 Å². The van der Waals surface area contributed by atoms with Gasteiger partial charge >= 0.3 is 13.1 Å². The van der Waals surface area contributed by atoms with Crippen molar-refractivity contribution in [3.63, 3.8) is 0 Å². The summed E-state index contributed by atoms with van der Waals surface area (Å²) in [5.41, 5.74) is -16.0. The van der Waals surface area contributed by atoms with Gasteiger partial charge in [0.2, 0.25) is 59.1 Å². The van der Waals surface area contributed by atoms with Crippen LogP contribution in [0.5, 0.6) is 0 Å². The Balaban J connectivity index is 3.01. The van der Waals surface area contributed by atoms with Gasteiger partial charge in [0.15, 0.2) is 0 Å². The molecule has 0 fully saturated rings. The number of nitrogens with one attached hydrogen (secondary N) is 11. The second-order valence-electron chi connectivity index (χ2n) is 25.8. The minimum Gasteiger partial charge on any atom is -0.467 e. The van der Waals surface area contributed by atoms with E-state index >= 15 is 0 Å². The molecule has 1 aromatic carbocycles. The van der Waals surface area contributed by atoms with Gasteiger partial charge in [-0.25, -0.2) is 4.79 Å². The van der Waals surface area contributed by atoms with E-state index in [4.69, 9.17) is 14.0 Å². The van der Waals surface area contributed by atoms with Gasteiger partial charge in [-0.1, -0.05) is 24.3 Å². The van der Waals surface area contributed by atoms with Crippen LogP contribution in [0.4, 0.5) is 0 Å². The first-order valence-corrected chi connectivity index (χ1v) is 26.0. The lowest BCUT2D eigenvalue weighted by molar-refractivity contribution is -0.150. The van der Waals surface area contributed by atoms with E-state index in [0.29, 0.717) is 0 Å². The van der Waals surface area contributed by atoms with Crippen LogP contribution in [0.3, 0.4) is 0 Å². The molecule has 10 amide bonds. The van der Waals surface area contributed by atoms with E-state index in [2.05, 4.69) is 58.5 Å². The summed E-state index contributed by atoms with van der Waals surface area (Å²) in [6, 6.07) is 7.41. The normalized spacial score (nSPS) is 13.7. The molecule has 0 aliphatic heterocycles. The van der Waals surface area contributed by atoms with Crippen LogP contribution in [0.25, 0.3) is 0 Å². The first-order chi connectivity index (χ1) is 35.7. The van der Waals surface area contributed by atoms with Crippen molar-refractivity contribution in [1.29, 1.82) is 0 Å². The molecule has 0 unspecified atom stereocenters. The standard InChI is InChI=1S/C54H92BN11O14/c1-44(2,56-30-31-28-26-27-29-32(31)55(79-24)80-25)33(67)57-45(3,4)34(68)58-46(5,6)35(69)59-47(7,8)36(70)60-48(9,10)37(71)61-49(11,12)38(72)62-50(13,14)39(73)63-51(15,16)40(74)64-52(17,18)41(75)65-53(19,20)42(76)66-54(21,22)43(77)78-23/h26-29,56H,30H2,1-25H3,(H,57,67)(H,58,68)(H,59,69)(H,60,70)(H,61,71)(H,62,72)(H,63,73)(H,64,74)(H,65,75)(H,66,76)/i21+1/t54-/m0/s1. The molecule has 0 saturated heterocycles. The highest BCUT2D eigenvalue weighted by atomic mass is 16.6. The third-order valence-corrected chi connectivity index (χ3v) is 13.1. The molecule has 450 valence electrons. The van der Waals surface area contributed by atoms with E-state index < -0.39 is 133 Å². The van der Waals surface area contributed by atoms with Gasteiger partial charge in [0, 0.05) is 20.8 Å². The number of benzene rings is 1. The number of esters is 1. The summed E-state index contributed by atoms with van der Waals surface area (Å²) in [6.45, 7) is 31.4. The largest absolute Gasteiger partial charge is 0.493 e. The Morgan fingerprint density at radius 3 is 0.738 bits per heavy atom. The van der Waals surface area contributed by atoms with Crippen LogP contribution in [0, 0.1) is 0 Å². The number of hydrogen-bond donors (Lipinski definition) is 11. The number of carbonyl (C=O) groups is 11. The van der Waals surface area contributed by atoms with Crippen LogP contribution in [-0.4, -0.2) is 154 Å². The summed E-state index contributed by atoms with van der Waals surface area (Å²) in [5, 5.41) is 29.2. The van der Waals surface area contributed by atoms with Crippen molar-refractivity contribution < 1.29 is 66.8 Å². The predicted octanol–water partition coefficient (Wildman–Crippen LogP) is -0.336. The van der Waals surface area contributed by atoms with Gasteiger partial charge in [0.25, 0.3) is 0 Å². The molecule has 0 aliphatic rings. The minimum atomic E-state index is -1.73. The van der Waals surface area contributed by atoms with Crippen LogP contribution in [0.1, 0.15) is 158 Å². The van der Waals surface area contributed by atoms with E-state index in [-0.39, 0.29) is 6.54 Å². The van der Waals surface area contributed by atoms with Gasteiger partial charge in [-0.3, -0.25) is 53.3 Å².